The Kier molecular flexibility index (Phi) is 5.45. The van der Waals surface area contributed by atoms with Crippen LogP contribution in [0.25, 0.3) is 0 Å². The van der Waals surface area contributed by atoms with Gasteiger partial charge in [0, 0.05) is 12.2 Å². The molecule has 0 saturated heterocycles. The molecule has 98 valence electrons. The van der Waals surface area contributed by atoms with Gasteiger partial charge in [0.25, 0.3) is 0 Å². The van der Waals surface area contributed by atoms with Crippen molar-refractivity contribution in [3.05, 3.63) is 28.8 Å². The number of carbonyl (C=O) groups is 2. The van der Waals surface area contributed by atoms with Crippen LogP contribution in [-0.2, 0) is 9.53 Å². The van der Waals surface area contributed by atoms with Crippen molar-refractivity contribution in [1.29, 1.82) is 0 Å². The van der Waals surface area contributed by atoms with E-state index in [1.54, 1.807) is 19.1 Å². The number of rotatable bonds is 6. The molecule has 0 bridgehead atoms. The molecule has 1 amide bonds. The van der Waals surface area contributed by atoms with Crippen molar-refractivity contribution in [2.75, 3.05) is 18.5 Å². The Labute approximate surface area is 110 Å². The minimum atomic E-state index is -0.571. The van der Waals surface area contributed by atoms with Gasteiger partial charge in [-0.05, 0) is 25.1 Å². The Balaban J connectivity index is 2.51. The fourth-order valence-electron chi connectivity index (χ4n) is 1.37. The van der Waals surface area contributed by atoms with Gasteiger partial charge in [-0.15, -0.1) is 0 Å². The van der Waals surface area contributed by atoms with Crippen molar-refractivity contribution in [3.8, 4) is 0 Å². The average Bonchev–Trinajstić information content (AvgIpc) is 2.29. The Hall–Kier alpha value is -1.75. The first kappa shape index (κ1) is 14.3. The molecule has 0 aromatic heterocycles. The Morgan fingerprint density at radius 1 is 1.44 bits per heavy atom. The van der Waals surface area contributed by atoms with Crippen molar-refractivity contribution in [1.82, 2.24) is 0 Å². The van der Waals surface area contributed by atoms with E-state index in [4.69, 9.17) is 22.1 Å². The van der Waals surface area contributed by atoms with E-state index < -0.39 is 5.91 Å². The van der Waals surface area contributed by atoms with Crippen LogP contribution >= 0.6 is 11.6 Å². The molecule has 0 radical (unpaired) electrons. The number of esters is 1. The predicted octanol–water partition coefficient (Wildman–Crippen LogP) is 1.80. The maximum atomic E-state index is 11.1. The molecule has 6 heteroatoms. The van der Waals surface area contributed by atoms with Gasteiger partial charge in [-0.1, -0.05) is 11.6 Å². The van der Waals surface area contributed by atoms with E-state index in [2.05, 4.69) is 5.32 Å². The zero-order valence-electron chi connectivity index (χ0n) is 10.0. The minimum absolute atomic E-state index is 0.259. The highest BCUT2D eigenvalue weighted by atomic mass is 35.5. The van der Waals surface area contributed by atoms with Crippen LogP contribution in [0.5, 0.6) is 0 Å². The topological polar surface area (TPSA) is 81.4 Å². The molecule has 0 heterocycles. The first-order valence-electron chi connectivity index (χ1n) is 5.53. The van der Waals surface area contributed by atoms with Gasteiger partial charge < -0.3 is 15.8 Å². The fraction of sp³-hybridized carbons (Fsp3) is 0.333. The SMILES string of the molecule is CCOC(=O)CCNc1ccc(C(N)=O)c(Cl)c1. The second-order valence-corrected chi connectivity index (χ2v) is 3.95. The summed E-state index contributed by atoms with van der Waals surface area (Å²) in [4.78, 5) is 22.1. The molecule has 1 aromatic rings. The predicted molar refractivity (Wildman–Crippen MR) is 69.7 cm³/mol. The summed E-state index contributed by atoms with van der Waals surface area (Å²) in [6, 6.07) is 4.81. The molecule has 0 unspecified atom stereocenters. The van der Waals surface area contributed by atoms with Gasteiger partial charge in [-0.3, -0.25) is 9.59 Å². The maximum absolute atomic E-state index is 11.1. The number of hydrogen-bond acceptors (Lipinski definition) is 4. The lowest BCUT2D eigenvalue weighted by atomic mass is 10.2. The normalized spacial score (nSPS) is 9.89. The van der Waals surface area contributed by atoms with Gasteiger partial charge in [0.1, 0.15) is 0 Å². The summed E-state index contributed by atoms with van der Waals surface area (Å²) in [6.07, 6.45) is 0.267. The molecule has 0 aliphatic rings. The minimum Gasteiger partial charge on any atom is -0.466 e. The van der Waals surface area contributed by atoms with Gasteiger partial charge in [0.15, 0.2) is 0 Å². The summed E-state index contributed by atoms with van der Waals surface area (Å²) < 4.78 is 4.79. The quantitative estimate of drug-likeness (QED) is 0.773. The number of anilines is 1. The van der Waals surface area contributed by atoms with Crippen LogP contribution < -0.4 is 11.1 Å². The molecule has 0 saturated carbocycles. The highest BCUT2D eigenvalue weighted by Crippen LogP contribution is 2.20. The molecule has 0 aliphatic heterocycles. The van der Waals surface area contributed by atoms with Crippen LogP contribution in [0.3, 0.4) is 0 Å². The van der Waals surface area contributed by atoms with Crippen LogP contribution in [0, 0.1) is 0 Å². The van der Waals surface area contributed by atoms with Crippen molar-refractivity contribution >= 4 is 29.2 Å². The number of ether oxygens (including phenoxy) is 1. The van der Waals surface area contributed by atoms with E-state index in [9.17, 15) is 9.59 Å². The molecule has 0 fully saturated rings. The molecular weight excluding hydrogens is 256 g/mol. The number of primary amides is 1. The van der Waals surface area contributed by atoms with Crippen LogP contribution in [0.15, 0.2) is 18.2 Å². The first-order chi connectivity index (χ1) is 8.54. The van der Waals surface area contributed by atoms with Crippen molar-refractivity contribution in [3.63, 3.8) is 0 Å². The van der Waals surface area contributed by atoms with E-state index in [0.29, 0.717) is 18.8 Å². The maximum Gasteiger partial charge on any atom is 0.307 e. The molecule has 0 aliphatic carbocycles. The molecule has 1 aromatic carbocycles. The van der Waals surface area contributed by atoms with Gasteiger partial charge >= 0.3 is 5.97 Å². The zero-order chi connectivity index (χ0) is 13.5. The largest absolute Gasteiger partial charge is 0.466 e. The van der Waals surface area contributed by atoms with Crippen LogP contribution in [0.1, 0.15) is 23.7 Å². The van der Waals surface area contributed by atoms with Crippen LogP contribution in [0.4, 0.5) is 5.69 Å². The number of amides is 1. The van der Waals surface area contributed by atoms with Gasteiger partial charge in [-0.2, -0.15) is 0 Å². The monoisotopic (exact) mass is 270 g/mol. The number of hydrogen-bond donors (Lipinski definition) is 2. The van der Waals surface area contributed by atoms with Gasteiger partial charge in [0.2, 0.25) is 5.91 Å². The van der Waals surface area contributed by atoms with Gasteiger partial charge in [-0.25, -0.2) is 0 Å². The Morgan fingerprint density at radius 2 is 2.17 bits per heavy atom. The fourth-order valence-corrected chi connectivity index (χ4v) is 1.64. The third-order valence-electron chi connectivity index (χ3n) is 2.20. The molecule has 3 N–H and O–H groups in total. The smallest absolute Gasteiger partial charge is 0.307 e. The van der Waals surface area contributed by atoms with E-state index in [1.807, 2.05) is 0 Å². The van der Waals surface area contributed by atoms with Crippen molar-refractivity contribution in [2.45, 2.75) is 13.3 Å². The van der Waals surface area contributed by atoms with E-state index >= 15 is 0 Å². The lowest BCUT2D eigenvalue weighted by molar-refractivity contribution is -0.142. The molecule has 5 nitrogen and oxygen atoms in total. The summed E-state index contributed by atoms with van der Waals surface area (Å²) in [5.74, 6) is -0.831. The second-order valence-electron chi connectivity index (χ2n) is 3.54. The van der Waals surface area contributed by atoms with Gasteiger partial charge in [0.05, 0.1) is 23.6 Å². The highest BCUT2D eigenvalue weighted by Gasteiger charge is 2.07. The summed E-state index contributed by atoms with van der Waals surface area (Å²) in [6.45, 7) is 2.57. The van der Waals surface area contributed by atoms with Crippen LogP contribution in [-0.4, -0.2) is 25.0 Å². The lowest BCUT2D eigenvalue weighted by Gasteiger charge is -2.08. The average molecular weight is 271 g/mol. The Bertz CT molecular complexity index is 449. The summed E-state index contributed by atoms with van der Waals surface area (Å²) in [5.41, 5.74) is 6.12. The van der Waals surface area contributed by atoms with Crippen LogP contribution in [0.2, 0.25) is 5.02 Å². The Morgan fingerprint density at radius 3 is 2.72 bits per heavy atom. The third-order valence-corrected chi connectivity index (χ3v) is 2.51. The first-order valence-corrected chi connectivity index (χ1v) is 5.91. The molecule has 1 rings (SSSR count). The highest BCUT2D eigenvalue weighted by molar-refractivity contribution is 6.34. The number of halogens is 1. The number of carbonyl (C=O) groups excluding carboxylic acids is 2. The van der Waals surface area contributed by atoms with E-state index in [1.165, 1.54) is 6.07 Å². The van der Waals surface area contributed by atoms with Crippen molar-refractivity contribution in [2.24, 2.45) is 5.73 Å². The molecule has 0 spiro atoms. The number of nitrogens with one attached hydrogen (secondary N) is 1. The number of nitrogens with two attached hydrogens (primary N) is 1. The van der Waals surface area contributed by atoms with E-state index in [0.717, 1.165) is 0 Å². The summed E-state index contributed by atoms with van der Waals surface area (Å²) in [5, 5.41) is 3.28. The third kappa shape index (κ3) is 4.25. The number of benzene rings is 1. The summed E-state index contributed by atoms with van der Waals surface area (Å²) in [7, 11) is 0. The van der Waals surface area contributed by atoms with Crippen molar-refractivity contribution < 1.29 is 14.3 Å². The zero-order valence-corrected chi connectivity index (χ0v) is 10.8. The molecular formula is C12H15ClN2O3. The standard InChI is InChI=1S/C12H15ClN2O3/c1-2-18-11(16)5-6-15-8-3-4-9(12(14)17)10(13)7-8/h3-4,7,15H,2,5-6H2,1H3,(H2,14,17). The second kappa shape index (κ2) is 6.86. The summed E-state index contributed by atoms with van der Waals surface area (Å²) >= 11 is 5.88. The molecule has 0 atom stereocenters. The lowest BCUT2D eigenvalue weighted by Crippen LogP contribution is -2.13. The molecule has 18 heavy (non-hydrogen) atoms. The van der Waals surface area contributed by atoms with E-state index in [-0.39, 0.29) is 23.0 Å².